The number of carbonyl (C=O) groups is 1. The minimum absolute atomic E-state index is 0.162. The molecule has 0 fully saturated rings. The molecule has 0 aliphatic heterocycles. The molecule has 0 unspecified atom stereocenters. The van der Waals surface area contributed by atoms with Crippen molar-refractivity contribution < 1.29 is 14.3 Å². The Labute approximate surface area is 127 Å². The van der Waals surface area contributed by atoms with E-state index in [0.717, 1.165) is 11.1 Å². The number of carbonyl (C=O) groups excluding carboxylic acids is 1. The SMILES string of the molecule is CN(Cc1ccc(C#CCO)cc1)C(=O)c1ccc(Cl)o1. The zero-order valence-corrected chi connectivity index (χ0v) is 12.2. The van der Waals surface area contributed by atoms with Gasteiger partial charge in [-0.25, -0.2) is 0 Å². The Balaban J connectivity index is 2.02. The molecular formula is C16H14ClNO3. The number of hydrogen-bond donors (Lipinski definition) is 1. The molecule has 0 atom stereocenters. The second-order valence-electron chi connectivity index (χ2n) is 4.42. The van der Waals surface area contributed by atoms with E-state index < -0.39 is 0 Å². The van der Waals surface area contributed by atoms with Crippen molar-refractivity contribution in [2.75, 3.05) is 13.7 Å². The molecule has 0 saturated heterocycles. The smallest absolute Gasteiger partial charge is 0.289 e. The third-order valence-corrected chi connectivity index (χ3v) is 3.02. The second kappa shape index (κ2) is 6.98. The highest BCUT2D eigenvalue weighted by Gasteiger charge is 2.15. The average molecular weight is 304 g/mol. The van der Waals surface area contributed by atoms with Gasteiger partial charge in [0.1, 0.15) is 6.61 Å². The van der Waals surface area contributed by atoms with Crippen LogP contribution >= 0.6 is 11.6 Å². The Bertz CT molecular complexity index is 680. The van der Waals surface area contributed by atoms with Crippen molar-refractivity contribution in [3.05, 3.63) is 58.5 Å². The zero-order valence-electron chi connectivity index (χ0n) is 11.5. The molecule has 0 saturated carbocycles. The highest BCUT2D eigenvalue weighted by molar-refractivity contribution is 6.29. The van der Waals surface area contributed by atoms with Crippen molar-refractivity contribution in [3.63, 3.8) is 0 Å². The van der Waals surface area contributed by atoms with Crippen LogP contribution in [-0.4, -0.2) is 29.6 Å². The van der Waals surface area contributed by atoms with E-state index >= 15 is 0 Å². The molecule has 0 radical (unpaired) electrons. The zero-order chi connectivity index (χ0) is 15.2. The quantitative estimate of drug-likeness (QED) is 0.887. The minimum atomic E-state index is -0.231. The number of benzene rings is 1. The van der Waals surface area contributed by atoms with Gasteiger partial charge in [-0.05, 0) is 41.4 Å². The summed E-state index contributed by atoms with van der Waals surface area (Å²) in [5, 5.41) is 8.83. The maximum atomic E-state index is 12.1. The Morgan fingerprint density at radius 1 is 1.29 bits per heavy atom. The number of amides is 1. The van der Waals surface area contributed by atoms with Crippen molar-refractivity contribution in [3.8, 4) is 11.8 Å². The summed E-state index contributed by atoms with van der Waals surface area (Å²) in [6, 6.07) is 10.6. The molecule has 0 spiro atoms. The first-order valence-electron chi connectivity index (χ1n) is 6.29. The fourth-order valence-corrected chi connectivity index (χ4v) is 1.94. The fraction of sp³-hybridized carbons (Fsp3) is 0.188. The van der Waals surface area contributed by atoms with E-state index in [9.17, 15) is 4.79 Å². The van der Waals surface area contributed by atoms with Crippen LogP contribution in [0.25, 0.3) is 0 Å². The van der Waals surface area contributed by atoms with Gasteiger partial charge in [0.05, 0.1) is 0 Å². The van der Waals surface area contributed by atoms with Gasteiger partial charge in [0.15, 0.2) is 11.0 Å². The van der Waals surface area contributed by atoms with E-state index in [4.69, 9.17) is 21.1 Å². The topological polar surface area (TPSA) is 53.7 Å². The van der Waals surface area contributed by atoms with Gasteiger partial charge in [0, 0.05) is 19.2 Å². The van der Waals surface area contributed by atoms with Gasteiger partial charge in [0.25, 0.3) is 5.91 Å². The molecule has 1 aromatic carbocycles. The molecule has 21 heavy (non-hydrogen) atoms. The van der Waals surface area contributed by atoms with Crippen LogP contribution in [0.5, 0.6) is 0 Å². The molecule has 1 amide bonds. The minimum Gasteiger partial charge on any atom is -0.440 e. The van der Waals surface area contributed by atoms with Crippen molar-refractivity contribution in [1.82, 2.24) is 4.90 Å². The summed E-state index contributed by atoms with van der Waals surface area (Å²) >= 11 is 5.66. The van der Waals surface area contributed by atoms with E-state index in [-0.39, 0.29) is 23.5 Å². The van der Waals surface area contributed by atoms with Crippen LogP contribution in [0.3, 0.4) is 0 Å². The highest BCUT2D eigenvalue weighted by Crippen LogP contribution is 2.15. The lowest BCUT2D eigenvalue weighted by molar-refractivity contribution is 0.0753. The lowest BCUT2D eigenvalue weighted by Crippen LogP contribution is -2.25. The van der Waals surface area contributed by atoms with Gasteiger partial charge in [-0.15, -0.1) is 0 Å². The molecular weight excluding hydrogens is 290 g/mol. The summed E-state index contributed by atoms with van der Waals surface area (Å²) in [4.78, 5) is 13.6. The lowest BCUT2D eigenvalue weighted by atomic mass is 10.1. The Kier molecular flexibility index (Phi) is 5.04. The first-order chi connectivity index (χ1) is 10.1. The molecule has 4 nitrogen and oxygen atoms in total. The van der Waals surface area contributed by atoms with Crippen LogP contribution in [0, 0.1) is 11.8 Å². The summed E-state index contributed by atoms with van der Waals surface area (Å²) in [5.74, 6) is 5.38. The van der Waals surface area contributed by atoms with Crippen LogP contribution < -0.4 is 0 Å². The van der Waals surface area contributed by atoms with E-state index in [1.54, 1.807) is 18.0 Å². The molecule has 108 valence electrons. The summed E-state index contributed by atoms with van der Waals surface area (Å²) in [6.07, 6.45) is 0. The number of aliphatic hydroxyl groups excluding tert-OH is 1. The van der Waals surface area contributed by atoms with Crippen molar-refractivity contribution in [1.29, 1.82) is 0 Å². The average Bonchev–Trinajstić information content (AvgIpc) is 2.92. The second-order valence-corrected chi connectivity index (χ2v) is 4.79. The van der Waals surface area contributed by atoms with E-state index in [0.29, 0.717) is 6.54 Å². The van der Waals surface area contributed by atoms with Crippen LogP contribution in [-0.2, 0) is 6.54 Å². The van der Waals surface area contributed by atoms with Crippen molar-refractivity contribution in [2.24, 2.45) is 0 Å². The fourth-order valence-electron chi connectivity index (χ4n) is 1.80. The predicted molar refractivity (Wildman–Crippen MR) is 79.9 cm³/mol. The molecule has 1 N–H and O–H groups in total. The number of halogens is 1. The summed E-state index contributed by atoms with van der Waals surface area (Å²) in [7, 11) is 1.69. The van der Waals surface area contributed by atoms with Crippen LogP contribution in [0.15, 0.2) is 40.8 Å². The van der Waals surface area contributed by atoms with Gasteiger partial charge >= 0.3 is 0 Å². The molecule has 0 aliphatic rings. The van der Waals surface area contributed by atoms with Crippen molar-refractivity contribution in [2.45, 2.75) is 6.54 Å². The molecule has 2 rings (SSSR count). The van der Waals surface area contributed by atoms with Crippen LogP contribution in [0.1, 0.15) is 21.7 Å². The highest BCUT2D eigenvalue weighted by atomic mass is 35.5. The van der Waals surface area contributed by atoms with Crippen molar-refractivity contribution >= 4 is 17.5 Å². The van der Waals surface area contributed by atoms with E-state index in [1.807, 2.05) is 24.3 Å². The molecule has 2 aromatic rings. The molecule has 0 aliphatic carbocycles. The van der Waals surface area contributed by atoms with E-state index in [2.05, 4.69) is 11.8 Å². The summed E-state index contributed by atoms with van der Waals surface area (Å²) in [5.41, 5.74) is 1.79. The molecule has 0 bridgehead atoms. The Morgan fingerprint density at radius 3 is 2.57 bits per heavy atom. The third-order valence-electron chi connectivity index (χ3n) is 2.82. The largest absolute Gasteiger partial charge is 0.440 e. The molecule has 1 aromatic heterocycles. The number of furan rings is 1. The Hall–Kier alpha value is -2.22. The van der Waals surface area contributed by atoms with Gasteiger partial charge in [0.2, 0.25) is 0 Å². The number of rotatable bonds is 3. The summed E-state index contributed by atoms with van der Waals surface area (Å²) in [6.45, 7) is 0.287. The predicted octanol–water partition coefficient (Wildman–Crippen LogP) is 2.55. The molecule has 5 heteroatoms. The number of aliphatic hydroxyl groups is 1. The van der Waals surface area contributed by atoms with Gasteiger partial charge in [-0.3, -0.25) is 4.79 Å². The first-order valence-corrected chi connectivity index (χ1v) is 6.67. The standard InChI is InChI=1S/C16H14ClNO3/c1-18(16(20)14-8-9-15(17)21-14)11-13-6-4-12(5-7-13)3-2-10-19/h4-9,19H,10-11H2,1H3. The van der Waals surface area contributed by atoms with Gasteiger partial charge in [-0.2, -0.15) is 0 Å². The Morgan fingerprint density at radius 2 is 2.00 bits per heavy atom. The normalized spacial score (nSPS) is 9.86. The van der Waals surface area contributed by atoms with Crippen LogP contribution in [0.4, 0.5) is 0 Å². The number of hydrogen-bond acceptors (Lipinski definition) is 3. The van der Waals surface area contributed by atoms with Crippen LogP contribution in [0.2, 0.25) is 5.22 Å². The monoisotopic (exact) mass is 303 g/mol. The lowest BCUT2D eigenvalue weighted by Gasteiger charge is -2.15. The third kappa shape index (κ3) is 4.12. The first kappa shape index (κ1) is 15.2. The summed E-state index contributed by atoms with van der Waals surface area (Å²) < 4.78 is 5.10. The van der Waals surface area contributed by atoms with Gasteiger partial charge in [-0.1, -0.05) is 24.0 Å². The van der Waals surface area contributed by atoms with E-state index in [1.165, 1.54) is 6.07 Å². The molecule has 1 heterocycles. The van der Waals surface area contributed by atoms with Gasteiger partial charge < -0.3 is 14.4 Å². The number of nitrogens with zero attached hydrogens (tertiary/aromatic N) is 1. The maximum absolute atomic E-state index is 12.1. The maximum Gasteiger partial charge on any atom is 0.289 e.